The molecule has 1 heterocycles. The van der Waals surface area contributed by atoms with E-state index >= 15 is 0 Å². The van der Waals surface area contributed by atoms with Crippen LogP contribution in [0.25, 0.3) is 0 Å². The van der Waals surface area contributed by atoms with Crippen molar-refractivity contribution in [2.45, 2.75) is 24.7 Å². The molecular weight excluding hydrogens is 380 g/mol. The number of carbonyl (C=O) groups excluding carboxylic acids is 1. The molecule has 3 rings (SSSR count). The van der Waals surface area contributed by atoms with Gasteiger partial charge in [0, 0.05) is 13.1 Å². The van der Waals surface area contributed by atoms with Crippen LogP contribution in [-0.2, 0) is 21.2 Å². The molecule has 0 fully saturated rings. The van der Waals surface area contributed by atoms with Crippen LogP contribution >= 0.6 is 0 Å². The van der Waals surface area contributed by atoms with Gasteiger partial charge in [-0.15, -0.1) is 0 Å². The van der Waals surface area contributed by atoms with Crippen molar-refractivity contribution >= 4 is 21.6 Å². The fourth-order valence-electron chi connectivity index (χ4n) is 3.21. The topological polar surface area (TPSA) is 95.9 Å². The fourth-order valence-corrected chi connectivity index (χ4v) is 4.84. The monoisotopic (exact) mass is 404 g/mol. The zero-order valence-corrected chi connectivity index (χ0v) is 16.5. The lowest BCUT2D eigenvalue weighted by molar-refractivity contribution is -0.123. The van der Waals surface area contributed by atoms with Gasteiger partial charge in [0.05, 0.1) is 17.2 Å². The molecule has 28 heavy (non-hydrogen) atoms. The first-order chi connectivity index (χ1) is 13.4. The van der Waals surface area contributed by atoms with Gasteiger partial charge in [0.2, 0.25) is 0 Å². The van der Waals surface area contributed by atoms with Crippen molar-refractivity contribution in [3.63, 3.8) is 0 Å². The van der Waals surface area contributed by atoms with E-state index in [1.807, 2.05) is 24.3 Å². The van der Waals surface area contributed by atoms with Crippen molar-refractivity contribution in [1.29, 1.82) is 0 Å². The summed E-state index contributed by atoms with van der Waals surface area (Å²) in [5, 5.41) is 11.2. The molecule has 0 saturated carbocycles. The zero-order valence-electron chi connectivity index (χ0n) is 15.7. The average molecular weight is 404 g/mol. The third kappa shape index (κ3) is 4.28. The number of aliphatic hydroxyl groups excluding tert-OH is 1. The highest BCUT2D eigenvalue weighted by atomic mass is 32.2. The Morgan fingerprint density at radius 1 is 1.25 bits per heavy atom. The number of aliphatic hydroxyl groups is 1. The molecule has 2 aromatic carbocycles. The molecule has 0 aliphatic carbocycles. The maximum atomic E-state index is 13.2. The molecule has 0 unspecified atom stereocenters. The van der Waals surface area contributed by atoms with Crippen LogP contribution < -0.4 is 14.4 Å². The summed E-state index contributed by atoms with van der Waals surface area (Å²) in [5.41, 5.74) is 2.39. The number of nitrogens with zero attached hydrogens (tertiary/aromatic N) is 1. The zero-order chi connectivity index (χ0) is 20.1. The number of hydrogen-bond acceptors (Lipinski definition) is 5. The van der Waals surface area contributed by atoms with Gasteiger partial charge in [0.25, 0.3) is 15.9 Å². The molecule has 0 radical (unpaired) electrons. The largest absolute Gasteiger partial charge is 0.484 e. The third-order valence-corrected chi connectivity index (χ3v) is 6.40. The van der Waals surface area contributed by atoms with Crippen molar-refractivity contribution in [2.75, 3.05) is 30.6 Å². The number of amides is 1. The van der Waals surface area contributed by atoms with Gasteiger partial charge < -0.3 is 15.2 Å². The lowest BCUT2D eigenvalue weighted by Crippen LogP contribution is -2.35. The van der Waals surface area contributed by atoms with Gasteiger partial charge in [-0.25, -0.2) is 8.42 Å². The highest BCUT2D eigenvalue weighted by Crippen LogP contribution is 2.33. The second-order valence-electron chi connectivity index (χ2n) is 6.60. The van der Waals surface area contributed by atoms with Gasteiger partial charge >= 0.3 is 0 Å². The van der Waals surface area contributed by atoms with Crippen LogP contribution in [-0.4, -0.2) is 45.7 Å². The van der Waals surface area contributed by atoms with E-state index in [1.165, 1.54) is 10.4 Å². The molecule has 0 bridgehead atoms. The SMILES string of the molecule is Cc1cc(S(=O)(=O)N2CCCc3ccccc32)ccc1OCC(=O)NCCO. The minimum absolute atomic E-state index is 0.142. The molecule has 1 aliphatic heterocycles. The summed E-state index contributed by atoms with van der Waals surface area (Å²) >= 11 is 0. The van der Waals surface area contributed by atoms with E-state index < -0.39 is 10.0 Å². The first-order valence-corrected chi connectivity index (χ1v) is 10.6. The normalized spacial score (nSPS) is 13.7. The molecular formula is C20H24N2O5S. The molecule has 8 heteroatoms. The number of ether oxygens (including phenoxy) is 1. The predicted molar refractivity (Wildman–Crippen MR) is 106 cm³/mol. The molecule has 2 aromatic rings. The summed E-state index contributed by atoms with van der Waals surface area (Å²) in [6.45, 7) is 2.00. The Hall–Kier alpha value is -2.58. The lowest BCUT2D eigenvalue weighted by Gasteiger charge is -2.30. The lowest BCUT2D eigenvalue weighted by atomic mass is 10.0. The summed E-state index contributed by atoms with van der Waals surface area (Å²) in [4.78, 5) is 11.8. The second kappa shape index (κ2) is 8.62. The Morgan fingerprint density at radius 2 is 2.04 bits per heavy atom. The van der Waals surface area contributed by atoms with Crippen molar-refractivity contribution < 1.29 is 23.1 Å². The molecule has 0 saturated heterocycles. The second-order valence-corrected chi connectivity index (χ2v) is 8.46. The van der Waals surface area contributed by atoms with Gasteiger partial charge in [-0.2, -0.15) is 0 Å². The number of para-hydroxylation sites is 1. The maximum Gasteiger partial charge on any atom is 0.264 e. The van der Waals surface area contributed by atoms with Crippen LogP contribution in [0.1, 0.15) is 17.5 Å². The molecule has 7 nitrogen and oxygen atoms in total. The number of benzene rings is 2. The molecule has 1 amide bonds. The van der Waals surface area contributed by atoms with Crippen molar-refractivity contribution in [3.8, 4) is 5.75 Å². The summed E-state index contributed by atoms with van der Waals surface area (Å²) in [7, 11) is -3.69. The molecule has 0 aromatic heterocycles. The standard InChI is InChI=1S/C20H24N2O5S/c1-15-13-17(8-9-19(15)27-14-20(24)21-10-12-23)28(25,26)22-11-4-6-16-5-2-3-7-18(16)22/h2-3,5,7-9,13,23H,4,6,10-12,14H2,1H3,(H,21,24). The average Bonchev–Trinajstić information content (AvgIpc) is 2.70. The molecule has 1 aliphatic rings. The van der Waals surface area contributed by atoms with E-state index in [2.05, 4.69) is 5.32 Å². The minimum Gasteiger partial charge on any atom is -0.484 e. The summed E-state index contributed by atoms with van der Waals surface area (Å²) in [5.74, 6) is 0.0900. The number of sulfonamides is 1. The number of hydrogen-bond donors (Lipinski definition) is 2. The Balaban J connectivity index is 1.79. The van der Waals surface area contributed by atoms with Crippen LogP contribution in [0.3, 0.4) is 0 Å². The predicted octanol–water partition coefficient (Wildman–Crippen LogP) is 1.62. The summed E-state index contributed by atoms with van der Waals surface area (Å²) in [6.07, 6.45) is 1.64. The first-order valence-electron chi connectivity index (χ1n) is 9.15. The van der Waals surface area contributed by atoms with Crippen molar-refractivity contribution in [2.24, 2.45) is 0 Å². The van der Waals surface area contributed by atoms with E-state index in [1.54, 1.807) is 19.1 Å². The van der Waals surface area contributed by atoms with Crippen LogP contribution in [0.4, 0.5) is 5.69 Å². The van der Waals surface area contributed by atoms with Gasteiger partial charge in [0.1, 0.15) is 5.75 Å². The highest BCUT2D eigenvalue weighted by Gasteiger charge is 2.29. The number of rotatable bonds is 7. The van der Waals surface area contributed by atoms with Crippen LogP contribution in [0.5, 0.6) is 5.75 Å². The number of fused-ring (bicyclic) bond motifs is 1. The molecule has 2 N–H and O–H groups in total. The maximum absolute atomic E-state index is 13.2. The van der Waals surface area contributed by atoms with Crippen LogP contribution in [0.2, 0.25) is 0 Å². The highest BCUT2D eigenvalue weighted by molar-refractivity contribution is 7.92. The van der Waals surface area contributed by atoms with Crippen molar-refractivity contribution in [3.05, 3.63) is 53.6 Å². The number of carbonyl (C=O) groups is 1. The van der Waals surface area contributed by atoms with E-state index in [-0.39, 0.29) is 30.6 Å². The van der Waals surface area contributed by atoms with E-state index in [0.29, 0.717) is 17.9 Å². The van der Waals surface area contributed by atoms with Crippen LogP contribution in [0, 0.1) is 6.92 Å². The van der Waals surface area contributed by atoms with Crippen molar-refractivity contribution in [1.82, 2.24) is 5.32 Å². The number of nitrogens with one attached hydrogen (secondary N) is 1. The molecule has 0 atom stereocenters. The number of aryl methyl sites for hydroxylation is 2. The first kappa shape index (κ1) is 20.2. The van der Waals surface area contributed by atoms with Gasteiger partial charge in [-0.05, 0) is 55.2 Å². The Bertz CT molecular complexity index is 959. The van der Waals surface area contributed by atoms with E-state index in [0.717, 1.165) is 24.1 Å². The van der Waals surface area contributed by atoms with Gasteiger partial charge in [-0.3, -0.25) is 9.10 Å². The third-order valence-electron chi connectivity index (χ3n) is 4.59. The Labute approximate surface area is 165 Å². The van der Waals surface area contributed by atoms with Gasteiger partial charge in [-0.1, -0.05) is 18.2 Å². The number of anilines is 1. The van der Waals surface area contributed by atoms with E-state index in [9.17, 15) is 13.2 Å². The molecule has 150 valence electrons. The van der Waals surface area contributed by atoms with Gasteiger partial charge in [0.15, 0.2) is 6.61 Å². The molecule has 0 spiro atoms. The quantitative estimate of drug-likeness (QED) is 0.731. The summed E-state index contributed by atoms with van der Waals surface area (Å²) in [6, 6.07) is 12.2. The minimum atomic E-state index is -3.69. The fraction of sp³-hybridized carbons (Fsp3) is 0.350. The summed E-state index contributed by atoms with van der Waals surface area (Å²) < 4.78 is 33.3. The van der Waals surface area contributed by atoms with E-state index in [4.69, 9.17) is 9.84 Å². The Kier molecular flexibility index (Phi) is 6.21. The smallest absolute Gasteiger partial charge is 0.264 e. The Morgan fingerprint density at radius 3 is 2.79 bits per heavy atom. The van der Waals surface area contributed by atoms with Crippen LogP contribution in [0.15, 0.2) is 47.4 Å².